The average Bonchev–Trinajstić information content (AvgIpc) is 3.03. The van der Waals surface area contributed by atoms with E-state index in [2.05, 4.69) is 5.10 Å². The quantitative estimate of drug-likeness (QED) is 0.682. The number of amides is 2. The SMILES string of the molecule is Cc1c(-c2ccccc2)nn(C)c1N1C(=O)c2ccccc2C1=O. The van der Waals surface area contributed by atoms with Crippen molar-refractivity contribution in [3.8, 4) is 11.3 Å². The second kappa shape index (κ2) is 5.16. The van der Waals surface area contributed by atoms with Gasteiger partial charge in [0.2, 0.25) is 0 Å². The lowest BCUT2D eigenvalue weighted by atomic mass is 10.1. The van der Waals surface area contributed by atoms with E-state index in [1.54, 1.807) is 36.0 Å². The Morgan fingerprint density at radius 1 is 0.833 bits per heavy atom. The fraction of sp³-hybridized carbons (Fsp3) is 0.105. The summed E-state index contributed by atoms with van der Waals surface area (Å²) in [5.74, 6) is -0.0947. The zero-order chi connectivity index (χ0) is 16.8. The highest BCUT2D eigenvalue weighted by Crippen LogP contribution is 2.34. The fourth-order valence-electron chi connectivity index (χ4n) is 3.19. The van der Waals surface area contributed by atoms with Crippen LogP contribution in [0.15, 0.2) is 54.6 Å². The molecule has 118 valence electrons. The van der Waals surface area contributed by atoms with E-state index in [9.17, 15) is 9.59 Å². The van der Waals surface area contributed by atoms with Crippen molar-refractivity contribution in [2.24, 2.45) is 7.05 Å². The van der Waals surface area contributed by atoms with Crippen molar-refractivity contribution >= 4 is 17.6 Å². The summed E-state index contributed by atoms with van der Waals surface area (Å²) in [6, 6.07) is 16.6. The molecule has 0 radical (unpaired) electrons. The summed E-state index contributed by atoms with van der Waals surface area (Å²) in [5.41, 5.74) is 3.39. The van der Waals surface area contributed by atoms with Crippen molar-refractivity contribution in [1.29, 1.82) is 0 Å². The molecule has 1 aliphatic rings. The summed E-state index contributed by atoms with van der Waals surface area (Å²) in [6.07, 6.45) is 0. The molecular formula is C19H15N3O2. The molecule has 0 atom stereocenters. The van der Waals surface area contributed by atoms with Gasteiger partial charge < -0.3 is 0 Å². The molecular weight excluding hydrogens is 302 g/mol. The van der Waals surface area contributed by atoms with E-state index in [-0.39, 0.29) is 11.8 Å². The maximum Gasteiger partial charge on any atom is 0.267 e. The molecule has 0 unspecified atom stereocenters. The Kier molecular flexibility index (Phi) is 3.09. The van der Waals surface area contributed by atoms with E-state index in [1.165, 1.54) is 4.90 Å². The topological polar surface area (TPSA) is 55.2 Å². The number of carbonyl (C=O) groups is 2. The van der Waals surface area contributed by atoms with Crippen LogP contribution in [0, 0.1) is 6.92 Å². The number of imide groups is 1. The number of aromatic nitrogens is 2. The van der Waals surface area contributed by atoms with Crippen LogP contribution in [-0.2, 0) is 7.05 Å². The number of aryl methyl sites for hydroxylation is 1. The van der Waals surface area contributed by atoms with E-state index in [1.807, 2.05) is 37.3 Å². The third-order valence-corrected chi connectivity index (χ3v) is 4.30. The van der Waals surface area contributed by atoms with E-state index in [0.717, 1.165) is 16.8 Å². The second-order valence-corrected chi connectivity index (χ2v) is 5.78. The molecule has 0 spiro atoms. The molecule has 2 amide bonds. The van der Waals surface area contributed by atoms with Gasteiger partial charge in [-0.05, 0) is 19.1 Å². The molecule has 2 heterocycles. The zero-order valence-electron chi connectivity index (χ0n) is 13.4. The molecule has 1 aliphatic heterocycles. The lowest BCUT2D eigenvalue weighted by Crippen LogP contribution is -2.31. The highest BCUT2D eigenvalue weighted by molar-refractivity contribution is 6.34. The molecule has 5 nitrogen and oxygen atoms in total. The largest absolute Gasteiger partial charge is 0.268 e. The predicted octanol–water partition coefficient (Wildman–Crippen LogP) is 3.20. The van der Waals surface area contributed by atoms with Crippen LogP contribution in [-0.4, -0.2) is 21.6 Å². The first kappa shape index (κ1) is 14.4. The lowest BCUT2D eigenvalue weighted by Gasteiger charge is -2.15. The molecule has 0 bridgehead atoms. The van der Waals surface area contributed by atoms with Crippen LogP contribution in [0.4, 0.5) is 5.82 Å². The van der Waals surface area contributed by atoms with Crippen molar-refractivity contribution in [3.05, 3.63) is 71.3 Å². The van der Waals surface area contributed by atoms with Crippen LogP contribution in [0.3, 0.4) is 0 Å². The summed E-state index contributed by atoms with van der Waals surface area (Å²) < 4.78 is 1.60. The van der Waals surface area contributed by atoms with E-state index in [0.29, 0.717) is 16.9 Å². The molecule has 0 fully saturated rings. The summed E-state index contributed by atoms with van der Waals surface area (Å²) in [4.78, 5) is 26.7. The van der Waals surface area contributed by atoms with E-state index < -0.39 is 0 Å². The molecule has 1 aromatic heterocycles. The molecule has 3 aromatic rings. The Morgan fingerprint density at radius 3 is 1.96 bits per heavy atom. The first-order chi connectivity index (χ1) is 11.6. The summed E-state index contributed by atoms with van der Waals surface area (Å²) in [7, 11) is 1.75. The molecule has 0 N–H and O–H groups in total. The summed E-state index contributed by atoms with van der Waals surface area (Å²) in [6.45, 7) is 1.88. The van der Waals surface area contributed by atoms with Crippen molar-refractivity contribution in [2.45, 2.75) is 6.92 Å². The minimum atomic E-state index is -0.304. The number of carbonyl (C=O) groups excluding carboxylic acids is 2. The molecule has 4 rings (SSSR count). The van der Waals surface area contributed by atoms with Gasteiger partial charge in [-0.2, -0.15) is 5.10 Å². The van der Waals surface area contributed by atoms with E-state index >= 15 is 0 Å². The Labute approximate surface area is 139 Å². The average molecular weight is 317 g/mol. The number of hydrogen-bond acceptors (Lipinski definition) is 3. The van der Waals surface area contributed by atoms with E-state index in [4.69, 9.17) is 0 Å². The van der Waals surface area contributed by atoms with Gasteiger partial charge in [0.25, 0.3) is 11.8 Å². The van der Waals surface area contributed by atoms with Gasteiger partial charge in [0.05, 0.1) is 16.8 Å². The van der Waals surface area contributed by atoms with Crippen molar-refractivity contribution in [2.75, 3.05) is 4.90 Å². The first-order valence-electron chi connectivity index (χ1n) is 7.66. The third-order valence-electron chi connectivity index (χ3n) is 4.30. The zero-order valence-corrected chi connectivity index (χ0v) is 13.4. The normalized spacial score (nSPS) is 13.5. The van der Waals surface area contributed by atoms with Gasteiger partial charge in [-0.3, -0.25) is 14.3 Å². The van der Waals surface area contributed by atoms with Crippen molar-refractivity contribution in [1.82, 2.24) is 9.78 Å². The van der Waals surface area contributed by atoms with Crippen LogP contribution in [0.1, 0.15) is 26.3 Å². The highest BCUT2D eigenvalue weighted by atomic mass is 16.2. The maximum absolute atomic E-state index is 12.7. The van der Waals surface area contributed by atoms with Crippen molar-refractivity contribution in [3.63, 3.8) is 0 Å². The number of anilines is 1. The van der Waals surface area contributed by atoms with Gasteiger partial charge in [0.15, 0.2) is 0 Å². The third kappa shape index (κ3) is 1.91. The number of hydrogen-bond donors (Lipinski definition) is 0. The standard InChI is InChI=1S/C19H15N3O2/c1-12-16(13-8-4-3-5-9-13)20-21(2)17(12)22-18(23)14-10-6-7-11-15(14)19(22)24/h3-11H,1-2H3. The number of fused-ring (bicyclic) bond motifs is 1. The first-order valence-corrected chi connectivity index (χ1v) is 7.66. The molecule has 5 heteroatoms. The summed E-state index contributed by atoms with van der Waals surface area (Å²) in [5, 5.41) is 4.53. The van der Waals surface area contributed by atoms with Gasteiger partial charge in [0.1, 0.15) is 5.82 Å². The van der Waals surface area contributed by atoms with Gasteiger partial charge in [-0.25, -0.2) is 4.90 Å². The van der Waals surface area contributed by atoms with Crippen LogP contribution in [0.5, 0.6) is 0 Å². The van der Waals surface area contributed by atoms with Gasteiger partial charge >= 0.3 is 0 Å². The van der Waals surface area contributed by atoms with Gasteiger partial charge in [-0.15, -0.1) is 0 Å². The van der Waals surface area contributed by atoms with Crippen molar-refractivity contribution < 1.29 is 9.59 Å². The molecule has 0 saturated heterocycles. The van der Waals surface area contributed by atoms with Gasteiger partial charge in [0, 0.05) is 18.2 Å². The number of rotatable bonds is 2. The fourth-order valence-corrected chi connectivity index (χ4v) is 3.19. The Balaban J connectivity index is 1.86. The molecule has 0 saturated carbocycles. The predicted molar refractivity (Wildman–Crippen MR) is 91.0 cm³/mol. The van der Waals surface area contributed by atoms with Crippen LogP contribution in [0.2, 0.25) is 0 Å². The number of benzene rings is 2. The monoisotopic (exact) mass is 317 g/mol. The Morgan fingerprint density at radius 2 is 1.38 bits per heavy atom. The molecule has 0 aliphatic carbocycles. The van der Waals surface area contributed by atoms with Crippen LogP contribution < -0.4 is 4.90 Å². The lowest BCUT2D eigenvalue weighted by molar-refractivity contribution is 0.0923. The minimum absolute atomic E-state index is 0.304. The van der Waals surface area contributed by atoms with Crippen LogP contribution >= 0.6 is 0 Å². The van der Waals surface area contributed by atoms with Gasteiger partial charge in [-0.1, -0.05) is 42.5 Å². The minimum Gasteiger partial charge on any atom is -0.268 e. The van der Waals surface area contributed by atoms with Crippen LogP contribution in [0.25, 0.3) is 11.3 Å². The highest BCUT2D eigenvalue weighted by Gasteiger charge is 2.39. The maximum atomic E-state index is 12.7. The molecule has 24 heavy (non-hydrogen) atoms. The second-order valence-electron chi connectivity index (χ2n) is 5.78. The summed E-state index contributed by atoms with van der Waals surface area (Å²) >= 11 is 0. The Bertz CT molecular complexity index is 939. The Hall–Kier alpha value is -3.21. The molecule has 2 aromatic carbocycles. The smallest absolute Gasteiger partial charge is 0.267 e. The number of nitrogens with zero attached hydrogens (tertiary/aromatic N) is 3.